The van der Waals surface area contributed by atoms with Gasteiger partial charge in [0, 0.05) is 19.6 Å². The Morgan fingerprint density at radius 1 is 1.42 bits per heavy atom. The number of nitrogens with zero attached hydrogens (tertiary/aromatic N) is 1. The molecule has 1 aromatic carbocycles. The molecule has 0 radical (unpaired) electrons. The normalized spacial score (nSPS) is 26.5. The minimum atomic E-state index is -0.277. The molecule has 2 saturated heterocycles. The molecule has 2 heterocycles. The highest BCUT2D eigenvalue weighted by molar-refractivity contribution is 5.70. The van der Waals surface area contributed by atoms with E-state index in [0.717, 1.165) is 31.8 Å². The topological polar surface area (TPSA) is 50.8 Å². The van der Waals surface area contributed by atoms with Gasteiger partial charge in [-0.15, -0.1) is 0 Å². The van der Waals surface area contributed by atoms with Crippen molar-refractivity contribution in [3.63, 3.8) is 0 Å². The van der Waals surface area contributed by atoms with Gasteiger partial charge in [-0.1, -0.05) is 12.1 Å². The third-order valence-electron chi connectivity index (χ3n) is 3.77. The molecule has 5 heteroatoms. The van der Waals surface area contributed by atoms with Crippen molar-refractivity contribution in [3.8, 4) is 5.75 Å². The van der Waals surface area contributed by atoms with E-state index in [1.807, 2.05) is 12.1 Å². The highest BCUT2D eigenvalue weighted by Gasteiger charge is 2.38. The van der Waals surface area contributed by atoms with Crippen LogP contribution in [-0.2, 0) is 11.3 Å². The van der Waals surface area contributed by atoms with Crippen LogP contribution in [0.4, 0.5) is 4.79 Å². The molecule has 1 amide bonds. The molecule has 102 valence electrons. The molecule has 1 N–H and O–H groups in total. The summed E-state index contributed by atoms with van der Waals surface area (Å²) < 4.78 is 10.4. The van der Waals surface area contributed by atoms with Crippen molar-refractivity contribution in [3.05, 3.63) is 29.8 Å². The van der Waals surface area contributed by atoms with Crippen molar-refractivity contribution in [1.29, 1.82) is 0 Å². The molecular formula is C14H18N2O3. The quantitative estimate of drug-likeness (QED) is 0.894. The summed E-state index contributed by atoms with van der Waals surface area (Å²) in [4.78, 5) is 13.5. The number of hydrogen-bond acceptors (Lipinski definition) is 4. The van der Waals surface area contributed by atoms with E-state index in [0.29, 0.717) is 0 Å². The number of hydrogen-bond donors (Lipinski definition) is 1. The van der Waals surface area contributed by atoms with Crippen LogP contribution in [0.3, 0.4) is 0 Å². The molecule has 0 saturated carbocycles. The predicted molar refractivity (Wildman–Crippen MR) is 70.1 cm³/mol. The van der Waals surface area contributed by atoms with Gasteiger partial charge in [0.15, 0.2) is 0 Å². The van der Waals surface area contributed by atoms with Crippen molar-refractivity contribution in [2.45, 2.75) is 25.1 Å². The number of benzene rings is 1. The second-order valence-electron chi connectivity index (χ2n) is 5.07. The lowest BCUT2D eigenvalue weighted by molar-refractivity contribution is 0.0668. The largest absolute Gasteiger partial charge is 0.497 e. The molecule has 2 aliphatic rings. The molecule has 0 spiro atoms. The lowest BCUT2D eigenvalue weighted by atomic mass is 10.0. The number of fused-ring (bicyclic) bond motifs is 1. The van der Waals surface area contributed by atoms with E-state index >= 15 is 0 Å². The summed E-state index contributed by atoms with van der Waals surface area (Å²) in [5, 5.41) is 2.85. The second-order valence-corrected chi connectivity index (χ2v) is 5.07. The number of carbonyl (C=O) groups is 1. The highest BCUT2D eigenvalue weighted by Crippen LogP contribution is 2.21. The summed E-state index contributed by atoms with van der Waals surface area (Å²) in [5.41, 5.74) is 1.25. The minimum Gasteiger partial charge on any atom is -0.497 e. The molecule has 3 rings (SSSR count). The number of likely N-dealkylation sites (tertiary alicyclic amines) is 1. The standard InChI is InChI=1S/C14H18N2O3/c1-18-11-4-2-10(3-5-11)8-16-7-6-12-13(9-16)19-14(17)15-12/h2-5,12-13H,6-9H2,1H3,(H,15,17)/t12-,13-/m1/s1. The van der Waals surface area contributed by atoms with E-state index in [1.54, 1.807) is 7.11 Å². The molecule has 0 unspecified atom stereocenters. The molecule has 2 atom stereocenters. The Morgan fingerprint density at radius 3 is 2.95 bits per heavy atom. The van der Waals surface area contributed by atoms with Crippen LogP contribution in [0.15, 0.2) is 24.3 Å². The van der Waals surface area contributed by atoms with Gasteiger partial charge in [-0.25, -0.2) is 4.79 Å². The maximum Gasteiger partial charge on any atom is 0.407 e. The molecular weight excluding hydrogens is 244 g/mol. The van der Waals surface area contributed by atoms with E-state index < -0.39 is 0 Å². The molecule has 2 aliphatic heterocycles. The first-order valence-corrected chi connectivity index (χ1v) is 6.57. The molecule has 0 aliphatic carbocycles. The molecule has 5 nitrogen and oxygen atoms in total. The van der Waals surface area contributed by atoms with Crippen molar-refractivity contribution >= 4 is 6.09 Å². The third kappa shape index (κ3) is 2.66. The van der Waals surface area contributed by atoms with Gasteiger partial charge in [0.1, 0.15) is 11.9 Å². The van der Waals surface area contributed by atoms with E-state index in [2.05, 4.69) is 22.3 Å². The number of alkyl carbamates (subject to hydrolysis) is 1. The summed E-state index contributed by atoms with van der Waals surface area (Å²) >= 11 is 0. The SMILES string of the molecule is COc1ccc(CN2CC[C@H]3NC(=O)O[C@@H]3C2)cc1. The fourth-order valence-electron chi connectivity index (χ4n) is 2.72. The third-order valence-corrected chi connectivity index (χ3v) is 3.77. The first-order chi connectivity index (χ1) is 9.24. The number of piperidine rings is 1. The first kappa shape index (κ1) is 12.3. The smallest absolute Gasteiger partial charge is 0.407 e. The highest BCUT2D eigenvalue weighted by atomic mass is 16.6. The summed E-state index contributed by atoms with van der Waals surface area (Å²) in [6.07, 6.45) is 0.674. The van der Waals surface area contributed by atoms with E-state index in [9.17, 15) is 4.79 Å². The fraction of sp³-hybridized carbons (Fsp3) is 0.500. The van der Waals surface area contributed by atoms with Crippen LogP contribution in [0, 0.1) is 0 Å². The zero-order valence-corrected chi connectivity index (χ0v) is 11.0. The van der Waals surface area contributed by atoms with E-state index in [-0.39, 0.29) is 18.2 Å². The zero-order valence-electron chi connectivity index (χ0n) is 11.0. The Kier molecular flexibility index (Phi) is 3.29. The summed E-state index contributed by atoms with van der Waals surface area (Å²) in [6, 6.07) is 8.28. The summed E-state index contributed by atoms with van der Waals surface area (Å²) in [7, 11) is 1.67. The number of ether oxygens (including phenoxy) is 2. The predicted octanol–water partition coefficient (Wildman–Crippen LogP) is 1.38. The Balaban J connectivity index is 1.59. The number of methoxy groups -OCH3 is 1. The van der Waals surface area contributed by atoms with Crippen LogP contribution < -0.4 is 10.1 Å². The first-order valence-electron chi connectivity index (χ1n) is 6.57. The van der Waals surface area contributed by atoms with E-state index in [4.69, 9.17) is 9.47 Å². The van der Waals surface area contributed by atoms with Gasteiger partial charge in [-0.05, 0) is 24.1 Å². The fourth-order valence-corrected chi connectivity index (χ4v) is 2.72. The Bertz CT molecular complexity index is 460. The van der Waals surface area contributed by atoms with Crippen molar-refractivity contribution in [2.24, 2.45) is 0 Å². The van der Waals surface area contributed by atoms with Gasteiger partial charge in [0.25, 0.3) is 0 Å². The van der Waals surface area contributed by atoms with Crippen LogP contribution >= 0.6 is 0 Å². The average molecular weight is 262 g/mol. The average Bonchev–Trinajstić information content (AvgIpc) is 2.79. The van der Waals surface area contributed by atoms with Gasteiger partial charge in [0.05, 0.1) is 13.2 Å². The number of carbonyl (C=O) groups excluding carboxylic acids is 1. The summed E-state index contributed by atoms with van der Waals surface area (Å²) in [5.74, 6) is 0.872. The molecule has 1 aromatic rings. The van der Waals surface area contributed by atoms with Crippen molar-refractivity contribution in [1.82, 2.24) is 10.2 Å². The van der Waals surface area contributed by atoms with Gasteiger partial charge < -0.3 is 14.8 Å². The molecule has 0 aromatic heterocycles. The van der Waals surface area contributed by atoms with Crippen molar-refractivity contribution in [2.75, 3.05) is 20.2 Å². The van der Waals surface area contributed by atoms with Gasteiger partial charge in [-0.2, -0.15) is 0 Å². The molecule has 2 fully saturated rings. The maximum absolute atomic E-state index is 11.2. The number of amides is 1. The van der Waals surface area contributed by atoms with Crippen molar-refractivity contribution < 1.29 is 14.3 Å². The van der Waals surface area contributed by atoms with Crippen LogP contribution in [0.25, 0.3) is 0 Å². The maximum atomic E-state index is 11.2. The van der Waals surface area contributed by atoms with Gasteiger partial charge >= 0.3 is 6.09 Å². The van der Waals surface area contributed by atoms with Crippen LogP contribution in [-0.4, -0.2) is 43.3 Å². The monoisotopic (exact) mass is 262 g/mol. The minimum absolute atomic E-state index is 0.000464. The van der Waals surface area contributed by atoms with Crippen LogP contribution in [0.5, 0.6) is 5.75 Å². The van der Waals surface area contributed by atoms with Crippen LogP contribution in [0.2, 0.25) is 0 Å². The van der Waals surface area contributed by atoms with Crippen LogP contribution in [0.1, 0.15) is 12.0 Å². The second kappa shape index (κ2) is 5.09. The van der Waals surface area contributed by atoms with E-state index in [1.165, 1.54) is 5.56 Å². The molecule has 0 bridgehead atoms. The lowest BCUT2D eigenvalue weighted by Crippen LogP contribution is -2.47. The lowest BCUT2D eigenvalue weighted by Gasteiger charge is -2.32. The number of rotatable bonds is 3. The Hall–Kier alpha value is -1.75. The van der Waals surface area contributed by atoms with Gasteiger partial charge in [-0.3, -0.25) is 4.90 Å². The van der Waals surface area contributed by atoms with Gasteiger partial charge in [0.2, 0.25) is 0 Å². The zero-order chi connectivity index (χ0) is 13.2. The molecule has 19 heavy (non-hydrogen) atoms. The Morgan fingerprint density at radius 2 is 2.21 bits per heavy atom. The summed E-state index contributed by atoms with van der Waals surface area (Å²) in [6.45, 7) is 2.66. The Labute approximate surface area is 112 Å². The number of nitrogens with one attached hydrogen (secondary N) is 1.